The minimum Gasteiger partial charge on any atom is -0.402 e. The highest BCUT2D eigenvalue weighted by Crippen LogP contribution is 2.28. The van der Waals surface area contributed by atoms with Gasteiger partial charge in [0.05, 0.1) is 0 Å². The fourth-order valence-electron chi connectivity index (χ4n) is 1.91. The summed E-state index contributed by atoms with van der Waals surface area (Å²) in [6.45, 7) is 2.54. The third-order valence-electron chi connectivity index (χ3n) is 2.83. The number of hydrogen-bond donors (Lipinski definition) is 4. The molecule has 0 unspecified atom stereocenters. The van der Waals surface area contributed by atoms with Crippen molar-refractivity contribution in [3.63, 3.8) is 0 Å². The highest BCUT2D eigenvalue weighted by atomic mass is 14.9. The van der Waals surface area contributed by atoms with Crippen LogP contribution in [0, 0.1) is 5.41 Å². The zero-order valence-electron chi connectivity index (χ0n) is 9.75. The molecule has 0 radical (unpaired) electrons. The molecule has 0 amide bonds. The molecule has 1 aliphatic heterocycles. The molecule has 6 N–H and O–H groups in total. The molecule has 0 aromatic heterocycles. The number of nitrogens with two attached hydrogens (primary N) is 2. The Hall–Kier alpha value is -2.23. The quantitative estimate of drug-likeness (QED) is 0.581. The summed E-state index contributed by atoms with van der Waals surface area (Å²) in [4.78, 5) is 0. The zero-order valence-corrected chi connectivity index (χ0v) is 9.75. The Morgan fingerprint density at radius 2 is 2.24 bits per heavy atom. The van der Waals surface area contributed by atoms with Crippen LogP contribution in [-0.2, 0) is 0 Å². The molecule has 1 aromatic rings. The van der Waals surface area contributed by atoms with Gasteiger partial charge < -0.3 is 22.2 Å². The molecule has 88 valence electrons. The first-order chi connectivity index (χ1) is 8.13. The van der Waals surface area contributed by atoms with E-state index in [2.05, 4.69) is 5.32 Å². The van der Waals surface area contributed by atoms with E-state index in [1.54, 1.807) is 6.92 Å². The maximum absolute atomic E-state index is 7.39. The second-order valence-corrected chi connectivity index (χ2v) is 4.04. The maximum Gasteiger partial charge on any atom is 0.0437 e. The van der Waals surface area contributed by atoms with E-state index in [0.29, 0.717) is 5.70 Å². The van der Waals surface area contributed by atoms with Crippen LogP contribution in [0.1, 0.15) is 18.1 Å². The van der Waals surface area contributed by atoms with Crippen LogP contribution in [0.25, 0.3) is 11.3 Å². The van der Waals surface area contributed by atoms with E-state index >= 15 is 0 Å². The Morgan fingerprint density at radius 1 is 1.47 bits per heavy atom. The van der Waals surface area contributed by atoms with Gasteiger partial charge in [-0.05, 0) is 30.7 Å². The lowest BCUT2D eigenvalue weighted by Gasteiger charge is -2.18. The second-order valence-electron chi connectivity index (χ2n) is 4.04. The minimum atomic E-state index is 0.631. The standard InChI is InChI=1S/C13H16N4/c1-8(15)11(7-14)9-2-3-13-10(6-9)12(16)4-5-17-13/h2-4,6-7,14,17H,5,15-16H2,1H3. The summed E-state index contributed by atoms with van der Waals surface area (Å²) in [6, 6.07) is 5.88. The van der Waals surface area contributed by atoms with E-state index in [1.807, 2.05) is 24.3 Å². The normalized spacial score (nSPS) is 15.2. The van der Waals surface area contributed by atoms with Crippen LogP contribution in [-0.4, -0.2) is 12.8 Å². The fraction of sp³-hybridized carbons (Fsp3) is 0.154. The number of anilines is 1. The van der Waals surface area contributed by atoms with Gasteiger partial charge in [-0.15, -0.1) is 0 Å². The topological polar surface area (TPSA) is 87.9 Å². The molecule has 0 spiro atoms. The predicted octanol–water partition coefficient (Wildman–Crippen LogP) is 1.75. The number of fused-ring (bicyclic) bond motifs is 1. The first kappa shape index (κ1) is 11.3. The van der Waals surface area contributed by atoms with Gasteiger partial charge in [-0.3, -0.25) is 0 Å². The first-order valence-electron chi connectivity index (χ1n) is 5.44. The number of rotatable bonds is 2. The van der Waals surface area contributed by atoms with E-state index in [0.717, 1.165) is 34.6 Å². The van der Waals surface area contributed by atoms with Crippen molar-refractivity contribution in [1.29, 1.82) is 5.41 Å². The van der Waals surface area contributed by atoms with Crippen molar-refractivity contribution >= 4 is 23.2 Å². The molecule has 1 heterocycles. The first-order valence-corrected chi connectivity index (χ1v) is 5.44. The Bertz CT molecular complexity index is 522. The third-order valence-corrected chi connectivity index (χ3v) is 2.83. The summed E-state index contributed by atoms with van der Waals surface area (Å²) in [5, 5.41) is 10.6. The van der Waals surface area contributed by atoms with E-state index in [9.17, 15) is 0 Å². The molecule has 0 bridgehead atoms. The van der Waals surface area contributed by atoms with E-state index in [4.69, 9.17) is 16.9 Å². The predicted molar refractivity (Wildman–Crippen MR) is 72.7 cm³/mol. The Labute approximate surface area is 101 Å². The molecule has 17 heavy (non-hydrogen) atoms. The van der Waals surface area contributed by atoms with Crippen molar-refractivity contribution in [2.45, 2.75) is 6.92 Å². The molecule has 2 rings (SSSR count). The lowest BCUT2D eigenvalue weighted by atomic mass is 9.98. The highest BCUT2D eigenvalue weighted by Gasteiger charge is 2.11. The average molecular weight is 228 g/mol. The second kappa shape index (κ2) is 4.33. The van der Waals surface area contributed by atoms with Crippen LogP contribution < -0.4 is 16.8 Å². The fourth-order valence-corrected chi connectivity index (χ4v) is 1.91. The molecule has 0 aliphatic carbocycles. The molecular weight excluding hydrogens is 212 g/mol. The van der Waals surface area contributed by atoms with Crippen LogP contribution in [0.3, 0.4) is 0 Å². The number of nitrogens with one attached hydrogen (secondary N) is 2. The lowest BCUT2D eigenvalue weighted by Crippen LogP contribution is -2.12. The Balaban J connectivity index is 2.55. The molecule has 0 atom stereocenters. The summed E-state index contributed by atoms with van der Waals surface area (Å²) in [7, 11) is 0. The molecule has 1 aromatic carbocycles. The van der Waals surface area contributed by atoms with Gasteiger partial charge in [0.25, 0.3) is 0 Å². The van der Waals surface area contributed by atoms with Crippen molar-refractivity contribution in [1.82, 2.24) is 0 Å². The maximum atomic E-state index is 7.39. The highest BCUT2D eigenvalue weighted by molar-refractivity contribution is 6.09. The van der Waals surface area contributed by atoms with Gasteiger partial charge in [0.2, 0.25) is 0 Å². The number of benzene rings is 1. The van der Waals surface area contributed by atoms with Crippen molar-refractivity contribution in [3.8, 4) is 0 Å². The van der Waals surface area contributed by atoms with E-state index in [-0.39, 0.29) is 0 Å². The van der Waals surface area contributed by atoms with Gasteiger partial charge in [-0.25, -0.2) is 0 Å². The van der Waals surface area contributed by atoms with Crippen LogP contribution in [0.5, 0.6) is 0 Å². The molecule has 4 heteroatoms. The summed E-state index contributed by atoms with van der Waals surface area (Å²) < 4.78 is 0. The number of hydrogen-bond acceptors (Lipinski definition) is 4. The Kier molecular flexibility index (Phi) is 2.87. The smallest absolute Gasteiger partial charge is 0.0437 e. The summed E-state index contributed by atoms with van der Waals surface area (Å²) in [6.07, 6.45) is 3.21. The van der Waals surface area contributed by atoms with Crippen molar-refractivity contribution < 1.29 is 0 Å². The Morgan fingerprint density at radius 3 is 2.88 bits per heavy atom. The molecule has 0 saturated heterocycles. The monoisotopic (exact) mass is 228 g/mol. The molecule has 4 nitrogen and oxygen atoms in total. The summed E-state index contributed by atoms with van der Waals surface area (Å²) in [5.74, 6) is 0. The van der Waals surface area contributed by atoms with Gasteiger partial charge in [0.1, 0.15) is 0 Å². The summed E-state index contributed by atoms with van der Waals surface area (Å²) >= 11 is 0. The van der Waals surface area contributed by atoms with Gasteiger partial charge >= 0.3 is 0 Å². The van der Waals surface area contributed by atoms with Crippen LogP contribution in [0.2, 0.25) is 0 Å². The van der Waals surface area contributed by atoms with Gasteiger partial charge in [0, 0.05) is 41.0 Å². The SMILES string of the molecule is CC(N)=C(C=N)c1ccc2c(c1)C(N)=CCN2. The zero-order chi connectivity index (χ0) is 12.4. The lowest BCUT2D eigenvalue weighted by molar-refractivity contribution is 1.26. The number of allylic oxidation sites excluding steroid dienone is 2. The van der Waals surface area contributed by atoms with Crippen molar-refractivity contribution in [3.05, 3.63) is 41.1 Å². The summed E-state index contributed by atoms with van der Waals surface area (Å²) in [5.41, 5.74) is 16.7. The van der Waals surface area contributed by atoms with Gasteiger partial charge in [-0.2, -0.15) is 0 Å². The molecular formula is C13H16N4. The van der Waals surface area contributed by atoms with E-state index in [1.165, 1.54) is 6.21 Å². The van der Waals surface area contributed by atoms with Crippen molar-refractivity contribution in [2.75, 3.05) is 11.9 Å². The molecule has 1 aliphatic rings. The van der Waals surface area contributed by atoms with E-state index < -0.39 is 0 Å². The minimum absolute atomic E-state index is 0.631. The third kappa shape index (κ3) is 2.01. The van der Waals surface area contributed by atoms with Crippen LogP contribution in [0.4, 0.5) is 5.69 Å². The average Bonchev–Trinajstić information content (AvgIpc) is 2.30. The molecule has 0 saturated carbocycles. The van der Waals surface area contributed by atoms with Gasteiger partial charge in [0.15, 0.2) is 0 Å². The largest absolute Gasteiger partial charge is 0.402 e. The van der Waals surface area contributed by atoms with Gasteiger partial charge in [-0.1, -0.05) is 6.07 Å². The van der Waals surface area contributed by atoms with Crippen molar-refractivity contribution in [2.24, 2.45) is 11.5 Å². The molecule has 0 fully saturated rings. The van der Waals surface area contributed by atoms with Crippen LogP contribution >= 0.6 is 0 Å². The van der Waals surface area contributed by atoms with Crippen LogP contribution in [0.15, 0.2) is 30.0 Å².